The molecule has 29 heavy (non-hydrogen) atoms. The highest BCUT2D eigenvalue weighted by atomic mass is 19.1. The highest BCUT2D eigenvalue weighted by Gasteiger charge is 2.24. The number of aromatic nitrogens is 1. The topological polar surface area (TPSA) is 68.3 Å². The van der Waals surface area contributed by atoms with Gasteiger partial charge < -0.3 is 10.1 Å². The second-order valence-electron chi connectivity index (χ2n) is 6.86. The summed E-state index contributed by atoms with van der Waals surface area (Å²) in [6.45, 7) is -0.655. The summed E-state index contributed by atoms with van der Waals surface area (Å²) in [4.78, 5) is 29.6. The summed E-state index contributed by atoms with van der Waals surface area (Å²) >= 11 is 0. The molecule has 0 atom stereocenters. The molecule has 5 nitrogen and oxygen atoms in total. The van der Waals surface area contributed by atoms with E-state index < -0.39 is 35.8 Å². The average molecular weight is 396 g/mol. The van der Waals surface area contributed by atoms with E-state index in [1.165, 1.54) is 6.07 Å². The van der Waals surface area contributed by atoms with E-state index in [0.29, 0.717) is 22.9 Å². The molecule has 1 heterocycles. The van der Waals surface area contributed by atoms with E-state index in [-0.39, 0.29) is 0 Å². The Morgan fingerprint density at radius 2 is 1.72 bits per heavy atom. The number of halogens is 2. The number of ether oxygens (including phenoxy) is 1. The molecule has 0 saturated carbocycles. The van der Waals surface area contributed by atoms with E-state index in [1.54, 1.807) is 6.07 Å². The second-order valence-corrected chi connectivity index (χ2v) is 6.86. The first-order valence-corrected chi connectivity index (χ1v) is 9.36. The number of carbonyl (C=O) groups excluding carboxylic acids is 2. The largest absolute Gasteiger partial charge is 0.452 e. The van der Waals surface area contributed by atoms with Gasteiger partial charge >= 0.3 is 5.97 Å². The molecule has 0 saturated heterocycles. The Kier molecular flexibility index (Phi) is 5.20. The van der Waals surface area contributed by atoms with Crippen LogP contribution in [-0.2, 0) is 22.4 Å². The van der Waals surface area contributed by atoms with Crippen LogP contribution in [0.3, 0.4) is 0 Å². The van der Waals surface area contributed by atoms with E-state index in [1.807, 2.05) is 18.2 Å². The van der Waals surface area contributed by atoms with Crippen LogP contribution in [0.4, 0.5) is 14.5 Å². The van der Waals surface area contributed by atoms with E-state index in [9.17, 15) is 18.4 Å². The van der Waals surface area contributed by atoms with Crippen LogP contribution in [0, 0.1) is 11.6 Å². The quantitative estimate of drug-likeness (QED) is 0.672. The SMILES string of the molecule is O=C(COC(=O)c1c2c(nc3ccccc13)CCCC2)Nc1c(F)cccc1F. The first-order valence-electron chi connectivity index (χ1n) is 9.36. The monoisotopic (exact) mass is 396 g/mol. The molecule has 1 N–H and O–H groups in total. The van der Waals surface area contributed by atoms with Crippen molar-refractivity contribution < 1.29 is 23.1 Å². The maximum absolute atomic E-state index is 13.7. The smallest absolute Gasteiger partial charge is 0.339 e. The molecule has 0 fully saturated rings. The fourth-order valence-corrected chi connectivity index (χ4v) is 3.60. The normalized spacial score (nSPS) is 13.0. The van der Waals surface area contributed by atoms with Crippen molar-refractivity contribution in [2.75, 3.05) is 11.9 Å². The van der Waals surface area contributed by atoms with Crippen molar-refractivity contribution in [3.05, 3.63) is 70.9 Å². The molecule has 0 radical (unpaired) electrons. The van der Waals surface area contributed by atoms with Gasteiger partial charge in [-0.3, -0.25) is 9.78 Å². The summed E-state index contributed by atoms with van der Waals surface area (Å²) in [6.07, 6.45) is 3.45. The van der Waals surface area contributed by atoms with E-state index >= 15 is 0 Å². The highest BCUT2D eigenvalue weighted by Crippen LogP contribution is 2.29. The lowest BCUT2D eigenvalue weighted by atomic mass is 9.90. The molecule has 1 amide bonds. The fourth-order valence-electron chi connectivity index (χ4n) is 3.60. The summed E-state index contributed by atoms with van der Waals surface area (Å²) < 4.78 is 32.5. The van der Waals surface area contributed by atoms with Gasteiger partial charge in [0.25, 0.3) is 5.91 Å². The lowest BCUT2D eigenvalue weighted by Gasteiger charge is -2.20. The van der Waals surface area contributed by atoms with Crippen LogP contribution in [-0.4, -0.2) is 23.5 Å². The first kappa shape index (κ1) is 19.0. The van der Waals surface area contributed by atoms with Crippen LogP contribution in [0.5, 0.6) is 0 Å². The molecule has 0 unspecified atom stereocenters. The number of anilines is 1. The number of aryl methyl sites for hydroxylation is 1. The van der Waals surface area contributed by atoms with Crippen molar-refractivity contribution >= 4 is 28.5 Å². The molecule has 148 valence electrons. The molecular weight excluding hydrogens is 378 g/mol. The van der Waals surface area contributed by atoms with Gasteiger partial charge in [-0.15, -0.1) is 0 Å². The van der Waals surface area contributed by atoms with Gasteiger partial charge in [-0.2, -0.15) is 0 Å². The van der Waals surface area contributed by atoms with Gasteiger partial charge in [0.05, 0.1) is 11.1 Å². The van der Waals surface area contributed by atoms with Crippen molar-refractivity contribution in [2.24, 2.45) is 0 Å². The zero-order valence-electron chi connectivity index (χ0n) is 15.5. The van der Waals surface area contributed by atoms with Crippen molar-refractivity contribution in [3.63, 3.8) is 0 Å². The van der Waals surface area contributed by atoms with Gasteiger partial charge in [0, 0.05) is 11.1 Å². The Balaban J connectivity index is 1.56. The maximum Gasteiger partial charge on any atom is 0.339 e. The number of amides is 1. The van der Waals surface area contributed by atoms with Crippen molar-refractivity contribution in [1.29, 1.82) is 0 Å². The number of pyridine rings is 1. The molecule has 0 bridgehead atoms. The Morgan fingerprint density at radius 3 is 2.52 bits per heavy atom. The van der Waals surface area contributed by atoms with E-state index in [2.05, 4.69) is 10.3 Å². The highest BCUT2D eigenvalue weighted by molar-refractivity contribution is 6.06. The third-order valence-corrected chi connectivity index (χ3v) is 4.93. The minimum Gasteiger partial charge on any atom is -0.452 e. The van der Waals surface area contributed by atoms with Crippen LogP contribution >= 0.6 is 0 Å². The number of para-hydroxylation sites is 2. The van der Waals surface area contributed by atoms with E-state index in [0.717, 1.165) is 42.7 Å². The van der Waals surface area contributed by atoms with Crippen LogP contribution in [0.1, 0.15) is 34.5 Å². The number of hydrogen-bond donors (Lipinski definition) is 1. The van der Waals surface area contributed by atoms with Gasteiger partial charge in [-0.1, -0.05) is 24.3 Å². The van der Waals surface area contributed by atoms with Crippen molar-refractivity contribution in [2.45, 2.75) is 25.7 Å². The number of fused-ring (bicyclic) bond motifs is 2. The maximum atomic E-state index is 13.7. The summed E-state index contributed by atoms with van der Waals surface area (Å²) in [7, 11) is 0. The first-order chi connectivity index (χ1) is 14.0. The molecule has 1 aromatic heterocycles. The molecule has 2 aromatic carbocycles. The predicted octanol–water partition coefficient (Wildman–Crippen LogP) is 4.19. The van der Waals surface area contributed by atoms with E-state index in [4.69, 9.17) is 4.74 Å². The van der Waals surface area contributed by atoms with Crippen LogP contribution < -0.4 is 5.32 Å². The standard InChI is InChI=1S/C22H18F2N2O3/c23-15-8-5-9-16(24)21(15)26-19(27)12-29-22(28)20-13-6-1-3-10-17(13)25-18-11-4-2-7-14(18)20/h1,3,5-6,8-10H,2,4,7,11-12H2,(H,26,27). The Labute approximate surface area is 165 Å². The molecule has 1 aliphatic carbocycles. The Bertz CT molecular complexity index is 1090. The van der Waals surface area contributed by atoms with Gasteiger partial charge in [-0.05, 0) is 49.4 Å². The molecule has 0 aliphatic heterocycles. The lowest BCUT2D eigenvalue weighted by Crippen LogP contribution is -2.23. The number of benzene rings is 2. The van der Waals surface area contributed by atoms with Crippen molar-refractivity contribution in [3.8, 4) is 0 Å². The van der Waals surface area contributed by atoms with Gasteiger partial charge in [0.1, 0.15) is 17.3 Å². The van der Waals surface area contributed by atoms with Crippen LogP contribution in [0.2, 0.25) is 0 Å². The average Bonchev–Trinajstić information content (AvgIpc) is 2.73. The molecule has 0 spiro atoms. The minimum atomic E-state index is -0.904. The summed E-state index contributed by atoms with van der Waals surface area (Å²) in [6, 6.07) is 10.5. The van der Waals surface area contributed by atoms with Gasteiger partial charge in [0.15, 0.2) is 6.61 Å². The van der Waals surface area contributed by atoms with Gasteiger partial charge in [0.2, 0.25) is 0 Å². The molecule has 7 heteroatoms. The Morgan fingerprint density at radius 1 is 1.00 bits per heavy atom. The number of nitrogens with zero attached hydrogens (tertiary/aromatic N) is 1. The molecular formula is C22H18F2N2O3. The number of esters is 1. The van der Waals surface area contributed by atoms with Crippen LogP contribution in [0.25, 0.3) is 10.9 Å². The number of hydrogen-bond acceptors (Lipinski definition) is 4. The zero-order chi connectivity index (χ0) is 20.4. The predicted molar refractivity (Wildman–Crippen MR) is 104 cm³/mol. The summed E-state index contributed by atoms with van der Waals surface area (Å²) in [5.74, 6) is -3.28. The molecule has 4 rings (SSSR count). The van der Waals surface area contributed by atoms with Gasteiger partial charge in [-0.25, -0.2) is 13.6 Å². The molecule has 1 aliphatic rings. The fraction of sp³-hybridized carbons (Fsp3) is 0.227. The third kappa shape index (κ3) is 3.81. The molecule has 3 aromatic rings. The lowest BCUT2D eigenvalue weighted by molar-refractivity contribution is -0.119. The van der Waals surface area contributed by atoms with Crippen LogP contribution in [0.15, 0.2) is 42.5 Å². The third-order valence-electron chi connectivity index (χ3n) is 4.93. The number of carbonyl (C=O) groups is 2. The number of rotatable bonds is 4. The number of nitrogens with one attached hydrogen (secondary N) is 1. The zero-order valence-corrected chi connectivity index (χ0v) is 15.5. The second kappa shape index (κ2) is 7.95. The van der Waals surface area contributed by atoms with Crippen molar-refractivity contribution in [1.82, 2.24) is 4.98 Å². The summed E-state index contributed by atoms with van der Waals surface area (Å²) in [5, 5.41) is 2.77. The minimum absolute atomic E-state index is 0.412. The summed E-state index contributed by atoms with van der Waals surface area (Å²) in [5.41, 5.74) is 2.26. The Hall–Kier alpha value is -3.35.